The van der Waals surface area contributed by atoms with Gasteiger partial charge in [0.25, 0.3) is 0 Å². The summed E-state index contributed by atoms with van der Waals surface area (Å²) in [4.78, 5) is 12.2. The summed E-state index contributed by atoms with van der Waals surface area (Å²) in [7, 11) is 1.66. The first-order valence-corrected chi connectivity index (χ1v) is 7.84. The number of carbonyl (C=O) groups excluding carboxylic acids is 1. The van der Waals surface area contributed by atoms with Crippen molar-refractivity contribution in [1.29, 1.82) is 0 Å². The number of aryl methyl sites for hydroxylation is 1. The Morgan fingerprint density at radius 3 is 2.33 bits per heavy atom. The molecule has 2 rings (SSSR count). The van der Waals surface area contributed by atoms with E-state index in [1.165, 1.54) is 5.56 Å². The van der Waals surface area contributed by atoms with Crippen LogP contribution in [0.5, 0.6) is 5.75 Å². The van der Waals surface area contributed by atoms with Gasteiger partial charge >= 0.3 is 0 Å². The van der Waals surface area contributed by atoms with Gasteiger partial charge in [0, 0.05) is 6.04 Å². The van der Waals surface area contributed by atoms with Gasteiger partial charge in [0.05, 0.1) is 7.11 Å². The van der Waals surface area contributed by atoms with E-state index in [2.05, 4.69) is 5.32 Å². The minimum Gasteiger partial charge on any atom is -0.497 e. The van der Waals surface area contributed by atoms with E-state index < -0.39 is 6.04 Å². The van der Waals surface area contributed by atoms with Gasteiger partial charge in [-0.05, 0) is 43.0 Å². The van der Waals surface area contributed by atoms with E-state index in [0.29, 0.717) is 0 Å². The minimum atomic E-state index is -0.625. The van der Waals surface area contributed by atoms with Crippen LogP contribution in [0.4, 0.5) is 0 Å². The van der Waals surface area contributed by atoms with Crippen LogP contribution in [0.1, 0.15) is 30.5 Å². The maximum atomic E-state index is 12.2. The zero-order valence-corrected chi connectivity index (χ0v) is 14.9. The Labute approximate surface area is 149 Å². The lowest BCUT2D eigenvalue weighted by atomic mass is 10.0. The summed E-state index contributed by atoms with van der Waals surface area (Å²) in [6.45, 7) is 2.00. The predicted octanol–water partition coefficient (Wildman–Crippen LogP) is 3.25. The van der Waals surface area contributed by atoms with Crippen molar-refractivity contribution in [2.45, 2.75) is 31.8 Å². The molecule has 0 aliphatic carbocycles. The summed E-state index contributed by atoms with van der Waals surface area (Å²) in [5.41, 5.74) is 8.05. The van der Waals surface area contributed by atoms with Crippen LogP contribution in [0.2, 0.25) is 0 Å². The molecule has 0 aliphatic heterocycles. The maximum Gasteiger partial charge on any atom is 0.241 e. The fourth-order valence-corrected chi connectivity index (χ4v) is 2.39. The van der Waals surface area contributed by atoms with Gasteiger partial charge in [-0.25, -0.2) is 0 Å². The second-order valence-corrected chi connectivity index (χ2v) is 5.68. The number of carbonyl (C=O) groups is 1. The lowest BCUT2D eigenvalue weighted by Gasteiger charge is -2.18. The van der Waals surface area contributed by atoms with Gasteiger partial charge in [0.2, 0.25) is 5.91 Å². The fourth-order valence-electron chi connectivity index (χ4n) is 2.39. The summed E-state index contributed by atoms with van der Waals surface area (Å²) in [5, 5.41) is 2.98. The molecule has 0 spiro atoms. The average molecular weight is 349 g/mol. The smallest absolute Gasteiger partial charge is 0.241 e. The van der Waals surface area contributed by atoms with Gasteiger partial charge in [-0.1, -0.05) is 42.5 Å². The number of nitrogens with two attached hydrogens (primary N) is 1. The standard InChI is InChI=1S/C19H24N2O2.ClH/c1-14(8-9-15-10-12-17(23-2)13-11-15)21-19(22)18(20)16-6-4-3-5-7-16;/h3-7,10-14,18H,8-9,20H2,1-2H3,(H,21,22);1H. The number of nitrogens with one attached hydrogen (secondary N) is 1. The van der Waals surface area contributed by atoms with Crippen LogP contribution in [-0.4, -0.2) is 19.1 Å². The largest absolute Gasteiger partial charge is 0.497 e. The lowest BCUT2D eigenvalue weighted by Crippen LogP contribution is -2.39. The molecule has 2 aromatic carbocycles. The highest BCUT2D eigenvalue weighted by Crippen LogP contribution is 2.14. The monoisotopic (exact) mass is 348 g/mol. The molecule has 0 aromatic heterocycles. The summed E-state index contributed by atoms with van der Waals surface area (Å²) in [5.74, 6) is 0.711. The van der Waals surface area contributed by atoms with Crippen LogP contribution in [0.25, 0.3) is 0 Å². The molecule has 0 heterocycles. The first-order chi connectivity index (χ1) is 11.1. The van der Waals surface area contributed by atoms with Crippen molar-refractivity contribution in [3.63, 3.8) is 0 Å². The third-order valence-corrected chi connectivity index (χ3v) is 3.85. The molecular formula is C19H25ClN2O2. The molecular weight excluding hydrogens is 324 g/mol. The van der Waals surface area contributed by atoms with Crippen LogP contribution in [-0.2, 0) is 11.2 Å². The Morgan fingerprint density at radius 2 is 1.75 bits per heavy atom. The third kappa shape index (κ3) is 5.87. The highest BCUT2D eigenvalue weighted by molar-refractivity contribution is 5.85. The molecule has 2 atom stereocenters. The van der Waals surface area contributed by atoms with E-state index in [1.54, 1.807) is 7.11 Å². The first-order valence-electron chi connectivity index (χ1n) is 7.84. The second kappa shape index (κ2) is 9.96. The molecule has 2 aromatic rings. The fraction of sp³-hybridized carbons (Fsp3) is 0.316. The number of benzene rings is 2. The summed E-state index contributed by atoms with van der Waals surface area (Å²) < 4.78 is 5.14. The number of hydrogen-bond acceptors (Lipinski definition) is 3. The minimum absolute atomic E-state index is 0. The number of rotatable bonds is 7. The molecule has 4 nitrogen and oxygen atoms in total. The summed E-state index contributed by atoms with van der Waals surface area (Å²) in [6, 6.07) is 16.8. The molecule has 5 heteroatoms. The van der Waals surface area contributed by atoms with Crippen LogP contribution >= 0.6 is 12.4 Å². The number of amides is 1. The molecule has 0 saturated heterocycles. The van der Waals surface area contributed by atoms with Crippen molar-refractivity contribution in [1.82, 2.24) is 5.32 Å². The molecule has 2 unspecified atom stereocenters. The van der Waals surface area contributed by atoms with E-state index in [-0.39, 0.29) is 24.4 Å². The lowest BCUT2D eigenvalue weighted by molar-refractivity contribution is -0.123. The van der Waals surface area contributed by atoms with Crippen molar-refractivity contribution in [2.24, 2.45) is 5.73 Å². The van der Waals surface area contributed by atoms with Gasteiger partial charge in [-0.2, -0.15) is 0 Å². The van der Waals surface area contributed by atoms with Crippen molar-refractivity contribution in [3.05, 3.63) is 65.7 Å². The van der Waals surface area contributed by atoms with Crippen molar-refractivity contribution in [2.75, 3.05) is 7.11 Å². The molecule has 0 fully saturated rings. The number of ether oxygens (including phenoxy) is 1. The molecule has 0 bridgehead atoms. The molecule has 3 N–H and O–H groups in total. The molecule has 1 amide bonds. The van der Waals surface area contributed by atoms with E-state index in [4.69, 9.17) is 10.5 Å². The first kappa shape index (κ1) is 20.0. The van der Waals surface area contributed by atoms with Gasteiger partial charge in [-0.15, -0.1) is 12.4 Å². The normalized spacial score (nSPS) is 12.6. The highest BCUT2D eigenvalue weighted by Gasteiger charge is 2.17. The third-order valence-electron chi connectivity index (χ3n) is 3.85. The van der Waals surface area contributed by atoms with Crippen LogP contribution < -0.4 is 15.8 Å². The Morgan fingerprint density at radius 1 is 1.12 bits per heavy atom. The van der Waals surface area contributed by atoms with Crippen LogP contribution in [0, 0.1) is 0 Å². The highest BCUT2D eigenvalue weighted by atomic mass is 35.5. The molecule has 130 valence electrons. The van der Waals surface area contributed by atoms with Crippen LogP contribution in [0.3, 0.4) is 0 Å². The summed E-state index contributed by atoms with van der Waals surface area (Å²) in [6.07, 6.45) is 1.76. The van der Waals surface area contributed by atoms with Gasteiger partial charge in [0.15, 0.2) is 0 Å². The van der Waals surface area contributed by atoms with Crippen molar-refractivity contribution < 1.29 is 9.53 Å². The molecule has 0 saturated carbocycles. The van der Waals surface area contributed by atoms with E-state index >= 15 is 0 Å². The van der Waals surface area contributed by atoms with Crippen molar-refractivity contribution >= 4 is 18.3 Å². The number of hydrogen-bond donors (Lipinski definition) is 2. The predicted molar refractivity (Wildman–Crippen MR) is 99.5 cm³/mol. The van der Waals surface area contributed by atoms with Gasteiger partial charge < -0.3 is 15.8 Å². The SMILES string of the molecule is COc1ccc(CCC(C)NC(=O)C(N)c2ccccc2)cc1.Cl. The zero-order chi connectivity index (χ0) is 16.7. The topological polar surface area (TPSA) is 64.3 Å². The van der Waals surface area contributed by atoms with E-state index in [9.17, 15) is 4.79 Å². The number of halogens is 1. The number of methoxy groups -OCH3 is 1. The van der Waals surface area contributed by atoms with Crippen LogP contribution in [0.15, 0.2) is 54.6 Å². The Kier molecular flexibility index (Phi) is 8.30. The Hall–Kier alpha value is -2.04. The summed E-state index contributed by atoms with van der Waals surface area (Å²) >= 11 is 0. The zero-order valence-electron chi connectivity index (χ0n) is 14.1. The Bertz CT molecular complexity index is 617. The van der Waals surface area contributed by atoms with Gasteiger partial charge in [-0.3, -0.25) is 4.79 Å². The molecule has 0 aliphatic rings. The Balaban J connectivity index is 0.00000288. The molecule has 24 heavy (non-hydrogen) atoms. The molecule has 0 radical (unpaired) electrons. The van der Waals surface area contributed by atoms with Gasteiger partial charge in [0.1, 0.15) is 11.8 Å². The van der Waals surface area contributed by atoms with E-state index in [0.717, 1.165) is 24.2 Å². The maximum absolute atomic E-state index is 12.2. The quantitative estimate of drug-likeness (QED) is 0.807. The van der Waals surface area contributed by atoms with Crippen molar-refractivity contribution in [3.8, 4) is 5.75 Å². The average Bonchev–Trinajstić information content (AvgIpc) is 2.60. The van der Waals surface area contributed by atoms with E-state index in [1.807, 2.05) is 61.5 Å². The second-order valence-electron chi connectivity index (χ2n) is 5.68.